The number of aromatic hydroxyl groups is 1. The summed E-state index contributed by atoms with van der Waals surface area (Å²) in [4.78, 5) is 236. The van der Waals surface area contributed by atoms with E-state index in [0.29, 0.717) is 86.2 Å². The van der Waals surface area contributed by atoms with Gasteiger partial charge in [0.05, 0.1) is 81.4 Å². The summed E-state index contributed by atoms with van der Waals surface area (Å²) in [6.07, 6.45) is 2.29. The zero-order valence-electron chi connectivity index (χ0n) is 73.2. The molecule has 40 heteroatoms. The lowest BCUT2D eigenvalue weighted by molar-refractivity contribution is -0.149. The van der Waals surface area contributed by atoms with E-state index in [-0.39, 0.29) is 175 Å². The standard InChI is InChI=1S/C90H113BrN14O24S/c1-58(2)126-41-11-37-102(83(116)55-104(39-27-86(119)120)85(118)52-100(35-9-33-97-31-7-13-77(97)110)81(114)50-99(34-8-32-96-30-6-12-76(96)109)79(112)48-94-47-60-16-25-70-73(42-60)128-57-127-70)51-82(115)101(36-10-40-125-3)53-84(117)103(38-26-59-14-17-61(91)18-15-59)54-80(113)98(29-5-4-28-92)49-75(108)95-69(88(93)121)56-130-74-46-78(111)105(89(74)122)62-19-22-65(68(43-62)90(123)124)87-66-23-20-63(106)44-71(66)129-72-45-64(107)21-24-67(72)87/h14-25,42-45,58,69,74,94,106H,4-13,26-41,46-57,92H2,1-3H3,(H2,93,121)(H,95,108)(H,119,120)(H,123,124)/t69-,74?/m0/s1. The van der Waals surface area contributed by atoms with Crippen LogP contribution in [0.5, 0.6) is 17.2 Å². The van der Waals surface area contributed by atoms with Gasteiger partial charge in [-0.2, -0.15) is 0 Å². The monoisotopic (exact) mass is 1880 g/mol. The Morgan fingerprint density at radius 2 is 1.15 bits per heavy atom. The molecule has 5 aliphatic heterocycles. The maximum atomic E-state index is 15.2. The fourth-order valence-electron chi connectivity index (χ4n) is 15.5. The normalized spacial score (nSPS) is 14.4. The quantitative estimate of drug-likeness (QED) is 0.0162. The highest BCUT2D eigenvalue weighted by Crippen LogP contribution is 2.44. The number of ether oxygens (including phenoxy) is 4. The number of carbonyl (C=O) groups is 15. The van der Waals surface area contributed by atoms with Crippen LogP contribution in [0.4, 0.5) is 5.69 Å². The van der Waals surface area contributed by atoms with Crippen LogP contribution < -0.4 is 41.9 Å². The van der Waals surface area contributed by atoms with Gasteiger partial charge < -0.3 is 105 Å². The van der Waals surface area contributed by atoms with E-state index < -0.39 is 159 Å². The minimum absolute atomic E-state index is 0.0323. The van der Waals surface area contributed by atoms with Crippen LogP contribution in [0.3, 0.4) is 0 Å². The number of carboxylic acid groups (broad SMARTS) is 2. The summed E-state index contributed by atoms with van der Waals surface area (Å²) >= 11 is 4.26. The topological polar surface area (TPSA) is 492 Å². The number of anilines is 1. The summed E-state index contributed by atoms with van der Waals surface area (Å²) in [5, 5.41) is 36.0. The number of methoxy groups -OCH3 is 1. The maximum Gasteiger partial charge on any atom is 0.336 e. The van der Waals surface area contributed by atoms with E-state index in [1.54, 1.807) is 60.0 Å². The molecule has 0 aromatic heterocycles. The molecule has 10 rings (SSSR count). The average molecular weight is 1890 g/mol. The van der Waals surface area contributed by atoms with Crippen molar-refractivity contribution in [3.8, 4) is 39.7 Å². The number of aliphatic carboxylic acids is 1. The van der Waals surface area contributed by atoms with Gasteiger partial charge >= 0.3 is 11.9 Å². The number of phenolic OH excluding ortho intramolecular Hbond substituents is 1. The molecule has 130 heavy (non-hydrogen) atoms. The second-order valence-electron chi connectivity index (χ2n) is 32.3. The zero-order chi connectivity index (χ0) is 93.7. The van der Waals surface area contributed by atoms with Crippen molar-refractivity contribution >= 4 is 133 Å². The fraction of sp³-hybridized carbons (Fsp3) is 0.489. The Bertz CT molecular complexity index is 5120. The number of carboxylic acids is 2. The predicted molar refractivity (Wildman–Crippen MR) is 479 cm³/mol. The van der Waals surface area contributed by atoms with E-state index in [1.807, 2.05) is 6.07 Å². The first-order valence-corrected chi connectivity index (χ1v) is 45.2. The second-order valence-corrected chi connectivity index (χ2v) is 34.4. The van der Waals surface area contributed by atoms with Gasteiger partial charge in [-0.15, -0.1) is 11.8 Å². The van der Waals surface area contributed by atoms with Crippen LogP contribution in [0.2, 0.25) is 0 Å². The Morgan fingerprint density at radius 3 is 1.72 bits per heavy atom. The van der Waals surface area contributed by atoms with Crippen LogP contribution in [0, 0.1) is 0 Å². The van der Waals surface area contributed by atoms with Gasteiger partial charge in [-0.05, 0) is 156 Å². The van der Waals surface area contributed by atoms with E-state index in [2.05, 4.69) is 26.6 Å². The summed E-state index contributed by atoms with van der Waals surface area (Å²) < 4.78 is 28.9. The molecule has 5 heterocycles. The van der Waals surface area contributed by atoms with Gasteiger partial charge in [-0.1, -0.05) is 40.2 Å². The van der Waals surface area contributed by atoms with Crippen LogP contribution in [0.15, 0.2) is 111 Å². The molecule has 6 aliphatic rings. The van der Waals surface area contributed by atoms with Gasteiger partial charge in [0.25, 0.3) is 0 Å². The first kappa shape index (κ1) is 100. The lowest BCUT2D eigenvalue weighted by atomic mass is 9.90. The predicted octanol–water partition coefficient (Wildman–Crippen LogP) is 3.72. The van der Waals surface area contributed by atoms with Gasteiger partial charge in [0, 0.05) is 157 Å². The molecule has 3 saturated heterocycles. The first-order chi connectivity index (χ1) is 62.3. The number of nitrogens with two attached hydrogens (primary N) is 2. The lowest BCUT2D eigenvalue weighted by Gasteiger charge is -2.33. The molecule has 9 N–H and O–H groups in total. The molecule has 0 spiro atoms. The molecule has 0 saturated carbocycles. The Balaban J connectivity index is 0.833. The molecular formula is C90H113BrN14O24S. The molecule has 3 fully saturated rings. The number of rotatable bonds is 53. The van der Waals surface area contributed by atoms with Crippen LogP contribution in [-0.2, 0) is 89.6 Å². The number of fused-ring (bicyclic) bond motifs is 3. The van der Waals surface area contributed by atoms with Crippen molar-refractivity contribution in [2.45, 2.75) is 121 Å². The van der Waals surface area contributed by atoms with Crippen molar-refractivity contribution in [3.05, 3.63) is 128 Å². The van der Waals surface area contributed by atoms with Gasteiger partial charge in [-0.3, -0.25) is 71.9 Å². The molecule has 0 bridgehead atoms. The smallest absolute Gasteiger partial charge is 0.336 e. The third-order valence-electron chi connectivity index (χ3n) is 22.4. The third-order valence-corrected chi connectivity index (χ3v) is 24.2. The fourth-order valence-corrected chi connectivity index (χ4v) is 16.9. The lowest BCUT2D eigenvalue weighted by Crippen LogP contribution is -2.53. The SMILES string of the molecule is COCCCN(CC(=O)N(CCc1ccc(Br)cc1)CC(=O)N(CCCCN)CC(=O)N[C@@H](CSC1CC(=O)N(c2ccc(-c3c4ccc(=O)cc-4oc4cc(O)ccc34)c(C(=O)O)c2)C1=O)C(N)=O)C(=O)CN(CCCOC(C)C)C(=O)CN(CCC(=O)O)C(=O)CN(CCCN1CCCC1=O)C(=O)CN(CCCN1CCCC1=O)C(=O)CNCc1ccc2c(c1)OCO2. The van der Waals surface area contributed by atoms with Crippen LogP contribution >= 0.6 is 27.7 Å². The van der Waals surface area contributed by atoms with Gasteiger partial charge in [0.15, 0.2) is 16.9 Å². The van der Waals surface area contributed by atoms with Crippen LogP contribution in [-0.4, -0.2) is 329 Å². The summed E-state index contributed by atoms with van der Waals surface area (Å²) in [6.45, 7) is -0.395. The Kier molecular flexibility index (Phi) is 37.8. The summed E-state index contributed by atoms with van der Waals surface area (Å²) in [7, 11) is 1.43. The highest BCUT2D eigenvalue weighted by atomic mass is 79.9. The van der Waals surface area contributed by atoms with Crippen molar-refractivity contribution in [1.82, 2.24) is 54.7 Å². The molecule has 4 aromatic rings. The van der Waals surface area contributed by atoms with Crippen molar-refractivity contribution in [1.29, 1.82) is 0 Å². The number of hydrogen-bond donors (Lipinski definition) is 7. The molecular weight excluding hydrogens is 1770 g/mol. The summed E-state index contributed by atoms with van der Waals surface area (Å²) in [6, 6.07) is 23.0. The van der Waals surface area contributed by atoms with E-state index >= 15 is 19.2 Å². The number of hydrogen-bond acceptors (Lipinski definition) is 25. The molecule has 700 valence electrons. The van der Waals surface area contributed by atoms with Crippen molar-refractivity contribution < 1.29 is 111 Å². The zero-order valence-corrected chi connectivity index (χ0v) is 75.6. The average Bonchev–Trinajstić information content (AvgIpc) is 0.796. The Labute approximate surface area is 763 Å². The number of nitrogens with one attached hydrogen (secondary N) is 2. The van der Waals surface area contributed by atoms with Crippen LogP contribution in [0.25, 0.3) is 33.4 Å². The number of imide groups is 1. The summed E-state index contributed by atoms with van der Waals surface area (Å²) in [5.74, 6) is -10.8. The minimum Gasteiger partial charge on any atom is -0.508 e. The maximum absolute atomic E-state index is 15.2. The van der Waals surface area contributed by atoms with Crippen molar-refractivity contribution in [2.75, 3.05) is 169 Å². The third kappa shape index (κ3) is 28.9. The highest BCUT2D eigenvalue weighted by Gasteiger charge is 2.42. The first-order valence-electron chi connectivity index (χ1n) is 43.4. The summed E-state index contributed by atoms with van der Waals surface area (Å²) in [5.41, 5.74) is 13.4. The number of carbonyl (C=O) groups excluding carboxylic acids is 13. The minimum atomic E-state index is -1.50. The number of phenols is 1. The van der Waals surface area contributed by atoms with E-state index in [4.69, 9.17) is 34.8 Å². The molecule has 2 atom stereocenters. The van der Waals surface area contributed by atoms with Gasteiger partial charge in [0.2, 0.25) is 83.6 Å². The number of nitrogens with zero attached hydrogens (tertiary/aromatic N) is 10. The molecule has 4 aromatic carbocycles. The Morgan fingerprint density at radius 1 is 0.592 bits per heavy atom. The number of halogens is 1. The van der Waals surface area contributed by atoms with Crippen LogP contribution in [0.1, 0.15) is 112 Å². The van der Waals surface area contributed by atoms with Crippen molar-refractivity contribution in [3.63, 3.8) is 0 Å². The molecule has 13 amide bonds. The second kappa shape index (κ2) is 49.1. The van der Waals surface area contributed by atoms with E-state index in [0.717, 1.165) is 53.0 Å². The molecule has 38 nitrogen and oxygen atoms in total. The van der Waals surface area contributed by atoms with Gasteiger partial charge in [-0.25, -0.2) is 9.69 Å². The number of primary amides is 1. The number of benzene rings is 5. The number of amides is 13. The molecule has 1 unspecified atom stereocenters. The van der Waals surface area contributed by atoms with Crippen molar-refractivity contribution in [2.24, 2.45) is 11.5 Å². The number of unbranched alkanes of at least 4 members (excludes halogenated alkanes) is 1. The number of likely N-dealkylation sites (tertiary alicyclic amines) is 2. The largest absolute Gasteiger partial charge is 0.508 e. The van der Waals surface area contributed by atoms with E-state index in [1.165, 1.54) is 75.2 Å². The molecule has 1 aliphatic carbocycles. The van der Waals surface area contributed by atoms with Gasteiger partial charge in [0.1, 0.15) is 23.1 Å². The Hall–Kier alpha value is -12.1. The van der Waals surface area contributed by atoms with E-state index in [9.17, 15) is 72.9 Å². The molecule has 0 radical (unpaired) electrons. The highest BCUT2D eigenvalue weighted by molar-refractivity contribution is 9.10. The number of aromatic carboxylic acids is 1. The number of thioether (sulfide) groups is 1.